The first kappa shape index (κ1) is 16.1. The Kier molecular flexibility index (Phi) is 5.11. The zero-order valence-electron chi connectivity index (χ0n) is 8.87. The number of rotatable bonds is 5. The Morgan fingerprint density at radius 1 is 1.11 bits per heavy atom. The molecule has 0 aliphatic heterocycles. The van der Waals surface area contributed by atoms with Crippen molar-refractivity contribution in [3.8, 4) is 0 Å². The van der Waals surface area contributed by atoms with Gasteiger partial charge in [0.05, 0.1) is 12.0 Å². The molecule has 1 N–H and O–H groups in total. The molecule has 0 atom stereocenters. The average Bonchev–Trinajstić information content (AvgIpc) is 2.36. The Morgan fingerprint density at radius 3 is 1.95 bits per heavy atom. The maximum Gasteiger partial charge on any atom is 0.246 e. The third kappa shape index (κ3) is 2.98. The Hall–Kier alpha value is -0.920. The maximum atomic E-state index is 13.4. The normalized spacial score (nSPS) is 11.9. The van der Waals surface area contributed by atoms with Gasteiger partial charge in [-0.25, -0.2) is 30.7 Å². The van der Waals surface area contributed by atoms with E-state index in [1.165, 1.54) is 4.72 Å². The number of nitrogens with one attached hydrogen (secondary N) is 1. The molecule has 0 heterocycles. The molecule has 0 radical (unpaired) electrons. The minimum Gasteiger partial charge on any atom is -0.691 e. The fourth-order valence-corrected chi connectivity index (χ4v) is 2.33. The van der Waals surface area contributed by atoms with Crippen LogP contribution in [0.4, 0.5) is 17.6 Å². The van der Waals surface area contributed by atoms with E-state index in [-0.39, 0.29) is 0 Å². The zero-order valence-corrected chi connectivity index (χ0v) is 10.5. The van der Waals surface area contributed by atoms with Gasteiger partial charge in [-0.2, -0.15) is 4.33 Å². The Bertz CT molecular complexity index is 565. The van der Waals surface area contributed by atoms with E-state index in [1.807, 2.05) is 0 Å². The number of benzene rings is 1. The van der Waals surface area contributed by atoms with Crippen molar-refractivity contribution in [1.82, 2.24) is 4.72 Å². The van der Waals surface area contributed by atoms with Gasteiger partial charge in [-0.1, -0.05) is 0 Å². The second-order valence-corrected chi connectivity index (χ2v) is 5.38. The third-order valence-electron chi connectivity index (χ3n) is 1.87. The Labute approximate surface area is 108 Å². The summed E-state index contributed by atoms with van der Waals surface area (Å²) >= 11 is -0.451. The van der Waals surface area contributed by atoms with Crippen LogP contribution in [0.1, 0.15) is 0 Å². The second kappa shape index (κ2) is 6.02. The van der Waals surface area contributed by atoms with Crippen LogP contribution in [0.25, 0.3) is 0 Å². The summed E-state index contributed by atoms with van der Waals surface area (Å²) in [6.45, 7) is 0. The van der Waals surface area contributed by atoms with Gasteiger partial charge in [0.2, 0.25) is 10.0 Å². The fraction of sp³-hybridized carbons (Fsp3) is 0.143. The fourth-order valence-electron chi connectivity index (χ4n) is 1.05. The third-order valence-corrected chi connectivity index (χ3v) is 3.95. The lowest BCUT2D eigenvalue weighted by Crippen LogP contribution is -2.23. The largest absolute Gasteiger partial charge is 0.691 e. The van der Waals surface area contributed by atoms with Crippen molar-refractivity contribution in [2.75, 3.05) is 7.05 Å². The number of hydrogen-bond acceptors (Lipinski definition) is 6. The van der Waals surface area contributed by atoms with E-state index < -0.39 is 55.1 Å². The van der Waals surface area contributed by atoms with Gasteiger partial charge in [0.25, 0.3) is 0 Å². The standard InChI is InChI=1S/C7H5F4NO5S2/c1-12-19(14,15)7-4(10)2(8)6(18-17-16-13)3(9)5(7)11/h12-13H,1H3/p-1. The molecule has 1 aromatic rings. The molecule has 1 aromatic carbocycles. The highest BCUT2D eigenvalue weighted by Gasteiger charge is 2.33. The molecule has 0 aromatic heterocycles. The van der Waals surface area contributed by atoms with Crippen molar-refractivity contribution in [2.45, 2.75) is 9.79 Å². The average molecular weight is 322 g/mol. The summed E-state index contributed by atoms with van der Waals surface area (Å²) in [6, 6.07) is 0. The first-order valence-corrected chi connectivity index (χ1v) is 6.43. The molecule has 12 heteroatoms. The summed E-state index contributed by atoms with van der Waals surface area (Å²) < 4.78 is 81.1. The topological polar surface area (TPSA) is 87.7 Å². The monoisotopic (exact) mass is 322 g/mol. The molecule has 0 aliphatic carbocycles. The van der Waals surface area contributed by atoms with Crippen LogP contribution in [0.2, 0.25) is 0 Å². The highest BCUT2D eigenvalue weighted by molar-refractivity contribution is 7.94. The van der Waals surface area contributed by atoms with E-state index in [0.29, 0.717) is 0 Å². The van der Waals surface area contributed by atoms with Crippen molar-refractivity contribution < 1.29 is 40.6 Å². The quantitative estimate of drug-likeness (QED) is 0.277. The molecule has 19 heavy (non-hydrogen) atoms. The Balaban J connectivity index is 3.57. The van der Waals surface area contributed by atoms with Crippen molar-refractivity contribution >= 4 is 22.1 Å². The molecule has 0 spiro atoms. The molecule has 108 valence electrons. The lowest BCUT2D eigenvalue weighted by molar-refractivity contribution is -0.777. The van der Waals surface area contributed by atoms with Crippen LogP contribution in [0, 0.1) is 23.3 Å². The van der Waals surface area contributed by atoms with E-state index in [1.54, 1.807) is 0 Å². The first-order valence-electron chi connectivity index (χ1n) is 4.20. The van der Waals surface area contributed by atoms with Crippen LogP contribution in [-0.4, -0.2) is 15.5 Å². The number of halogens is 4. The van der Waals surface area contributed by atoms with Gasteiger partial charge in [-0.15, -0.1) is 0 Å². The number of hydrogen-bond donors (Lipinski definition) is 1. The summed E-state index contributed by atoms with van der Waals surface area (Å²) in [4.78, 5) is -3.22. The molecule has 0 bridgehead atoms. The molecule has 0 aliphatic rings. The highest BCUT2D eigenvalue weighted by Crippen LogP contribution is 2.33. The summed E-state index contributed by atoms with van der Waals surface area (Å²) in [5.41, 5.74) is 0. The van der Waals surface area contributed by atoms with Gasteiger partial charge in [-0.3, -0.25) is 5.04 Å². The molecule has 0 saturated heterocycles. The van der Waals surface area contributed by atoms with E-state index in [4.69, 9.17) is 0 Å². The number of sulfonamides is 1. The van der Waals surface area contributed by atoms with E-state index in [2.05, 4.69) is 9.37 Å². The van der Waals surface area contributed by atoms with Crippen molar-refractivity contribution in [2.24, 2.45) is 0 Å². The first-order chi connectivity index (χ1) is 8.77. The van der Waals surface area contributed by atoms with Gasteiger partial charge in [-0.05, 0) is 7.05 Å². The molecule has 0 fully saturated rings. The molecular weight excluding hydrogens is 318 g/mol. The SMILES string of the molecule is CNS(=O)(=O)c1c(F)c(F)c(SOO[O-])c(F)c1F. The van der Waals surface area contributed by atoms with Crippen LogP contribution in [0.3, 0.4) is 0 Å². The van der Waals surface area contributed by atoms with E-state index in [0.717, 1.165) is 7.05 Å². The zero-order chi connectivity index (χ0) is 14.8. The van der Waals surface area contributed by atoms with Gasteiger partial charge in [0.15, 0.2) is 28.2 Å². The van der Waals surface area contributed by atoms with Gasteiger partial charge in [0, 0.05) is 0 Å². The summed E-state index contributed by atoms with van der Waals surface area (Å²) in [5.74, 6) is -8.42. The molecule has 1 rings (SSSR count). The second-order valence-electron chi connectivity index (χ2n) is 2.84. The smallest absolute Gasteiger partial charge is 0.246 e. The van der Waals surface area contributed by atoms with Crippen LogP contribution in [0.15, 0.2) is 9.79 Å². The Morgan fingerprint density at radius 2 is 1.58 bits per heavy atom. The van der Waals surface area contributed by atoms with Gasteiger partial charge >= 0.3 is 0 Å². The van der Waals surface area contributed by atoms with Crippen LogP contribution in [-0.2, 0) is 19.4 Å². The minimum atomic E-state index is -4.76. The van der Waals surface area contributed by atoms with Gasteiger partial charge in [0.1, 0.15) is 4.90 Å². The highest BCUT2D eigenvalue weighted by atomic mass is 32.2. The van der Waals surface area contributed by atoms with E-state index >= 15 is 0 Å². The van der Waals surface area contributed by atoms with Crippen LogP contribution < -0.4 is 9.98 Å². The van der Waals surface area contributed by atoms with Crippen LogP contribution >= 0.6 is 12.0 Å². The summed E-state index contributed by atoms with van der Waals surface area (Å²) in [6.07, 6.45) is 0. The predicted octanol–water partition coefficient (Wildman–Crippen LogP) is 0.382. The molecule has 0 unspecified atom stereocenters. The summed E-state index contributed by atoms with van der Waals surface area (Å²) in [5, 5.41) is 12.2. The molecular formula is C7H4F4NO5S2-. The predicted molar refractivity (Wildman–Crippen MR) is 50.5 cm³/mol. The van der Waals surface area contributed by atoms with Crippen molar-refractivity contribution in [3.63, 3.8) is 0 Å². The molecule has 6 nitrogen and oxygen atoms in total. The van der Waals surface area contributed by atoms with E-state index in [9.17, 15) is 31.2 Å². The minimum absolute atomic E-state index is 0.451. The lowest BCUT2D eigenvalue weighted by Gasteiger charge is -2.11. The van der Waals surface area contributed by atoms with Crippen LogP contribution in [0.5, 0.6) is 0 Å². The van der Waals surface area contributed by atoms with Crippen molar-refractivity contribution in [3.05, 3.63) is 23.3 Å². The lowest BCUT2D eigenvalue weighted by atomic mass is 10.3. The van der Waals surface area contributed by atoms with Crippen molar-refractivity contribution in [1.29, 1.82) is 0 Å². The molecule has 0 amide bonds. The maximum absolute atomic E-state index is 13.4. The summed E-state index contributed by atoms with van der Waals surface area (Å²) in [7, 11) is -3.97. The van der Waals surface area contributed by atoms with Gasteiger partial charge < -0.3 is 5.26 Å². The molecule has 0 saturated carbocycles.